The maximum Gasteiger partial charge on any atom is 0.200 e. The number of fused-ring (bicyclic) bond motifs is 2. The van der Waals surface area contributed by atoms with Crippen LogP contribution < -0.4 is 5.32 Å². The standard InChI is InChI=1S/C24H25N5O2S/c1-3-31-16(2)18-5-7-23-27-28-24(29(23)15-18)32-21-6-4-17-12-20(14-25-22(17)13-21)26-19-8-10-30-11-9-19/h4-7,12-15,19,26H,2-3,8-11H2,1H3. The largest absolute Gasteiger partial charge is 0.494 e. The number of anilines is 1. The number of nitrogens with one attached hydrogen (secondary N) is 1. The van der Waals surface area contributed by atoms with Gasteiger partial charge in [-0.2, -0.15) is 0 Å². The van der Waals surface area contributed by atoms with Crippen LogP contribution in [0.5, 0.6) is 0 Å². The molecule has 1 aliphatic rings. The highest BCUT2D eigenvalue weighted by molar-refractivity contribution is 7.99. The fraction of sp³-hybridized carbons (Fsp3) is 0.292. The van der Waals surface area contributed by atoms with Crippen molar-refractivity contribution in [3.63, 3.8) is 0 Å². The predicted molar refractivity (Wildman–Crippen MR) is 127 cm³/mol. The fourth-order valence-corrected chi connectivity index (χ4v) is 4.63. The molecule has 164 valence electrons. The molecule has 0 unspecified atom stereocenters. The van der Waals surface area contributed by atoms with Gasteiger partial charge in [0.25, 0.3) is 0 Å². The van der Waals surface area contributed by atoms with Gasteiger partial charge in [0.1, 0.15) is 5.76 Å². The summed E-state index contributed by atoms with van der Waals surface area (Å²) in [6, 6.07) is 12.8. The highest BCUT2D eigenvalue weighted by Crippen LogP contribution is 2.30. The van der Waals surface area contributed by atoms with Gasteiger partial charge >= 0.3 is 0 Å². The van der Waals surface area contributed by atoms with E-state index in [1.54, 1.807) is 11.8 Å². The second-order valence-electron chi connectivity index (χ2n) is 7.70. The van der Waals surface area contributed by atoms with Crippen molar-refractivity contribution in [1.82, 2.24) is 19.6 Å². The minimum Gasteiger partial charge on any atom is -0.494 e. The van der Waals surface area contributed by atoms with Crippen molar-refractivity contribution in [2.75, 3.05) is 25.1 Å². The van der Waals surface area contributed by atoms with Gasteiger partial charge in [-0.1, -0.05) is 12.6 Å². The van der Waals surface area contributed by atoms with Crippen molar-refractivity contribution < 1.29 is 9.47 Å². The van der Waals surface area contributed by atoms with Crippen LogP contribution in [0.15, 0.2) is 65.4 Å². The van der Waals surface area contributed by atoms with E-state index >= 15 is 0 Å². The van der Waals surface area contributed by atoms with Crippen LogP contribution in [0.2, 0.25) is 0 Å². The van der Waals surface area contributed by atoms with E-state index in [4.69, 9.17) is 9.47 Å². The summed E-state index contributed by atoms with van der Waals surface area (Å²) in [5, 5.41) is 14.1. The quantitative estimate of drug-likeness (QED) is 0.399. The van der Waals surface area contributed by atoms with Gasteiger partial charge in [0.2, 0.25) is 0 Å². The van der Waals surface area contributed by atoms with Crippen LogP contribution in [0, 0.1) is 0 Å². The second kappa shape index (κ2) is 9.18. The molecular weight excluding hydrogens is 422 g/mol. The van der Waals surface area contributed by atoms with Gasteiger partial charge in [-0.05, 0) is 61.9 Å². The molecule has 7 nitrogen and oxygen atoms in total. The summed E-state index contributed by atoms with van der Waals surface area (Å²) in [6.45, 7) is 8.16. The monoisotopic (exact) mass is 447 g/mol. The third-order valence-corrected chi connectivity index (χ3v) is 6.42. The Morgan fingerprint density at radius 2 is 2.09 bits per heavy atom. The van der Waals surface area contributed by atoms with Crippen LogP contribution in [0.4, 0.5) is 5.69 Å². The molecule has 1 saturated heterocycles. The second-order valence-corrected chi connectivity index (χ2v) is 8.74. The van der Waals surface area contributed by atoms with Crippen LogP contribution in [0.1, 0.15) is 25.3 Å². The van der Waals surface area contributed by atoms with Gasteiger partial charge in [-0.3, -0.25) is 9.38 Å². The molecule has 32 heavy (non-hydrogen) atoms. The number of rotatable bonds is 7. The van der Waals surface area contributed by atoms with Gasteiger partial charge in [-0.25, -0.2) is 0 Å². The minimum absolute atomic E-state index is 0.447. The molecule has 8 heteroatoms. The topological polar surface area (TPSA) is 73.6 Å². The lowest BCUT2D eigenvalue weighted by molar-refractivity contribution is 0.0904. The van der Waals surface area contributed by atoms with E-state index < -0.39 is 0 Å². The van der Waals surface area contributed by atoms with Crippen molar-refractivity contribution in [3.05, 3.63) is 60.9 Å². The van der Waals surface area contributed by atoms with Gasteiger partial charge < -0.3 is 14.8 Å². The fourth-order valence-electron chi connectivity index (χ4n) is 3.79. The zero-order valence-electron chi connectivity index (χ0n) is 18.0. The Morgan fingerprint density at radius 1 is 1.22 bits per heavy atom. The molecule has 1 fully saturated rings. The third-order valence-electron chi connectivity index (χ3n) is 5.47. The zero-order valence-corrected chi connectivity index (χ0v) is 18.8. The van der Waals surface area contributed by atoms with Crippen LogP contribution in [0.3, 0.4) is 0 Å². The minimum atomic E-state index is 0.447. The van der Waals surface area contributed by atoms with E-state index in [0.717, 1.165) is 63.9 Å². The molecular formula is C24H25N5O2S. The summed E-state index contributed by atoms with van der Waals surface area (Å²) in [4.78, 5) is 5.73. The predicted octanol–water partition coefficient (Wildman–Crippen LogP) is 5.03. The van der Waals surface area contributed by atoms with Gasteiger partial charge in [0.15, 0.2) is 10.8 Å². The molecule has 3 aromatic heterocycles. The Bertz CT molecular complexity index is 1270. The van der Waals surface area contributed by atoms with Gasteiger partial charge in [-0.15, -0.1) is 10.2 Å². The molecule has 1 aliphatic heterocycles. The van der Waals surface area contributed by atoms with E-state index in [1.807, 2.05) is 35.9 Å². The molecule has 0 aliphatic carbocycles. The number of benzene rings is 1. The van der Waals surface area contributed by atoms with Gasteiger partial charge in [0, 0.05) is 41.3 Å². The summed E-state index contributed by atoms with van der Waals surface area (Å²) in [7, 11) is 0. The summed E-state index contributed by atoms with van der Waals surface area (Å²) >= 11 is 1.55. The molecule has 5 rings (SSSR count). The molecule has 4 heterocycles. The number of ether oxygens (including phenoxy) is 2. The molecule has 0 radical (unpaired) electrons. The van der Waals surface area contributed by atoms with E-state index in [9.17, 15) is 0 Å². The lowest BCUT2D eigenvalue weighted by Gasteiger charge is -2.24. The Hall–Kier alpha value is -3.10. The lowest BCUT2D eigenvalue weighted by atomic mass is 10.1. The summed E-state index contributed by atoms with van der Waals surface area (Å²) < 4.78 is 12.9. The average molecular weight is 448 g/mol. The van der Waals surface area contributed by atoms with Crippen LogP contribution >= 0.6 is 11.8 Å². The lowest BCUT2D eigenvalue weighted by Crippen LogP contribution is -2.27. The van der Waals surface area contributed by atoms with E-state index in [2.05, 4.69) is 51.3 Å². The molecule has 1 N–H and O–H groups in total. The summed E-state index contributed by atoms with van der Waals surface area (Å²) in [5.41, 5.74) is 3.69. The van der Waals surface area contributed by atoms with Crippen LogP contribution in [0.25, 0.3) is 22.3 Å². The summed E-state index contributed by atoms with van der Waals surface area (Å²) in [6.07, 6.45) is 5.92. The first-order chi connectivity index (χ1) is 15.7. The third kappa shape index (κ3) is 4.42. The smallest absolute Gasteiger partial charge is 0.200 e. The van der Waals surface area contributed by atoms with Crippen molar-refractivity contribution in [2.24, 2.45) is 0 Å². The van der Waals surface area contributed by atoms with Gasteiger partial charge in [0.05, 0.1) is 24.0 Å². The first-order valence-corrected chi connectivity index (χ1v) is 11.6. The molecule has 0 atom stereocenters. The number of hydrogen-bond donors (Lipinski definition) is 1. The summed E-state index contributed by atoms with van der Waals surface area (Å²) in [5.74, 6) is 0.638. The molecule has 0 amide bonds. The zero-order chi connectivity index (χ0) is 21.9. The van der Waals surface area contributed by atoms with Crippen molar-refractivity contribution in [3.8, 4) is 0 Å². The van der Waals surface area contributed by atoms with Crippen LogP contribution in [-0.2, 0) is 9.47 Å². The van der Waals surface area contributed by atoms with E-state index in [1.165, 1.54) is 0 Å². The highest BCUT2D eigenvalue weighted by atomic mass is 32.2. The van der Waals surface area contributed by atoms with E-state index in [0.29, 0.717) is 18.4 Å². The van der Waals surface area contributed by atoms with E-state index in [-0.39, 0.29) is 0 Å². The number of hydrogen-bond acceptors (Lipinski definition) is 7. The molecule has 4 aromatic rings. The molecule has 0 saturated carbocycles. The Kier molecular flexibility index (Phi) is 5.96. The average Bonchev–Trinajstić information content (AvgIpc) is 3.22. The van der Waals surface area contributed by atoms with Crippen molar-refractivity contribution in [2.45, 2.75) is 35.9 Å². The molecule has 1 aromatic carbocycles. The maximum atomic E-state index is 5.54. The maximum absolute atomic E-state index is 5.54. The normalized spacial score (nSPS) is 14.7. The first-order valence-electron chi connectivity index (χ1n) is 10.8. The number of pyridine rings is 2. The van der Waals surface area contributed by atoms with Crippen molar-refractivity contribution >= 4 is 39.8 Å². The Morgan fingerprint density at radius 3 is 2.94 bits per heavy atom. The molecule has 0 spiro atoms. The highest BCUT2D eigenvalue weighted by Gasteiger charge is 2.14. The SMILES string of the molecule is C=C(OCC)c1ccc2nnc(Sc3ccc4cc(NC5CCOCC5)cnc4c3)n2c1. The number of nitrogens with zero attached hydrogens (tertiary/aromatic N) is 4. The Balaban J connectivity index is 1.36. The van der Waals surface area contributed by atoms with Crippen molar-refractivity contribution in [1.29, 1.82) is 0 Å². The van der Waals surface area contributed by atoms with Crippen LogP contribution in [-0.4, -0.2) is 45.4 Å². The first kappa shape index (κ1) is 20.8. The number of aromatic nitrogens is 4. The Labute approximate surface area is 190 Å². The molecule has 0 bridgehead atoms.